The van der Waals surface area contributed by atoms with Crippen molar-refractivity contribution in [3.8, 4) is 5.75 Å². The zero-order chi connectivity index (χ0) is 13.1. The SMILES string of the molecule is COc1cc(C(NN)C2CCCC2C)ccc1Cl. The van der Waals surface area contributed by atoms with E-state index < -0.39 is 0 Å². The second kappa shape index (κ2) is 5.91. The summed E-state index contributed by atoms with van der Waals surface area (Å²) in [6.45, 7) is 2.30. The van der Waals surface area contributed by atoms with Gasteiger partial charge in [-0.2, -0.15) is 0 Å². The molecule has 3 nitrogen and oxygen atoms in total. The molecule has 1 aliphatic rings. The molecule has 3 N–H and O–H groups in total. The number of nitrogens with two attached hydrogens (primary N) is 1. The van der Waals surface area contributed by atoms with Gasteiger partial charge in [0.05, 0.1) is 12.1 Å². The number of ether oxygens (including phenoxy) is 1. The highest BCUT2D eigenvalue weighted by Gasteiger charge is 2.31. The number of methoxy groups -OCH3 is 1. The highest BCUT2D eigenvalue weighted by molar-refractivity contribution is 6.32. The quantitative estimate of drug-likeness (QED) is 0.651. The number of hydrazine groups is 1. The van der Waals surface area contributed by atoms with Gasteiger partial charge < -0.3 is 4.74 Å². The van der Waals surface area contributed by atoms with E-state index in [1.807, 2.05) is 18.2 Å². The van der Waals surface area contributed by atoms with Crippen molar-refractivity contribution in [3.63, 3.8) is 0 Å². The summed E-state index contributed by atoms with van der Waals surface area (Å²) in [6.07, 6.45) is 3.79. The van der Waals surface area contributed by atoms with E-state index in [0.29, 0.717) is 22.6 Å². The first-order chi connectivity index (χ1) is 8.67. The molecule has 100 valence electrons. The Kier molecular flexibility index (Phi) is 4.49. The Morgan fingerprint density at radius 1 is 1.44 bits per heavy atom. The standard InChI is InChI=1S/C14H21ClN2O/c1-9-4-3-5-11(9)14(17-16)10-6-7-12(15)13(8-10)18-2/h6-9,11,14,17H,3-5,16H2,1-2H3. The molecule has 1 aromatic carbocycles. The Balaban J connectivity index is 2.27. The minimum atomic E-state index is 0.175. The van der Waals surface area contributed by atoms with Gasteiger partial charge in [-0.05, 0) is 36.0 Å². The van der Waals surface area contributed by atoms with E-state index in [0.717, 1.165) is 5.56 Å². The summed E-state index contributed by atoms with van der Waals surface area (Å²) >= 11 is 6.06. The molecule has 1 aromatic rings. The molecule has 0 aliphatic heterocycles. The van der Waals surface area contributed by atoms with E-state index in [9.17, 15) is 0 Å². The normalized spacial score (nSPS) is 25.1. The molecule has 1 fully saturated rings. The van der Waals surface area contributed by atoms with Crippen molar-refractivity contribution in [2.75, 3.05) is 7.11 Å². The summed E-state index contributed by atoms with van der Waals surface area (Å²) in [7, 11) is 1.63. The van der Waals surface area contributed by atoms with Crippen molar-refractivity contribution in [2.45, 2.75) is 32.2 Å². The van der Waals surface area contributed by atoms with Gasteiger partial charge in [-0.3, -0.25) is 11.3 Å². The summed E-state index contributed by atoms with van der Waals surface area (Å²) in [5, 5.41) is 0.636. The Hall–Kier alpha value is -0.770. The van der Waals surface area contributed by atoms with Gasteiger partial charge in [-0.25, -0.2) is 0 Å². The zero-order valence-electron chi connectivity index (χ0n) is 10.9. The first-order valence-electron chi connectivity index (χ1n) is 6.47. The van der Waals surface area contributed by atoms with Crippen LogP contribution in [0.2, 0.25) is 5.02 Å². The number of hydrogen-bond donors (Lipinski definition) is 2. The first kappa shape index (κ1) is 13.7. The van der Waals surface area contributed by atoms with Crippen molar-refractivity contribution in [1.29, 1.82) is 0 Å². The molecule has 18 heavy (non-hydrogen) atoms. The average molecular weight is 269 g/mol. The number of nitrogens with one attached hydrogen (secondary N) is 1. The maximum atomic E-state index is 6.06. The third kappa shape index (κ3) is 2.63. The predicted octanol–water partition coefficient (Wildman–Crippen LogP) is 3.29. The number of halogens is 1. The molecule has 0 spiro atoms. The van der Waals surface area contributed by atoms with Crippen molar-refractivity contribution >= 4 is 11.6 Å². The van der Waals surface area contributed by atoms with Gasteiger partial charge >= 0.3 is 0 Å². The molecule has 3 atom stereocenters. The van der Waals surface area contributed by atoms with Crippen LogP contribution >= 0.6 is 11.6 Å². The van der Waals surface area contributed by atoms with Gasteiger partial charge in [0, 0.05) is 6.04 Å². The van der Waals surface area contributed by atoms with Crippen LogP contribution in [0.1, 0.15) is 37.8 Å². The van der Waals surface area contributed by atoms with Crippen LogP contribution in [0.25, 0.3) is 0 Å². The number of benzene rings is 1. The van der Waals surface area contributed by atoms with Crippen LogP contribution in [-0.2, 0) is 0 Å². The number of rotatable bonds is 4. The molecule has 3 unspecified atom stereocenters. The molecule has 0 radical (unpaired) electrons. The van der Waals surface area contributed by atoms with Crippen molar-refractivity contribution in [1.82, 2.24) is 5.43 Å². The number of hydrogen-bond acceptors (Lipinski definition) is 3. The van der Waals surface area contributed by atoms with Crippen LogP contribution in [0.15, 0.2) is 18.2 Å². The van der Waals surface area contributed by atoms with E-state index in [2.05, 4.69) is 12.3 Å². The van der Waals surface area contributed by atoms with Crippen LogP contribution in [0.5, 0.6) is 5.75 Å². The van der Waals surface area contributed by atoms with Crippen LogP contribution in [0.4, 0.5) is 0 Å². The molecule has 2 rings (SSSR count). The van der Waals surface area contributed by atoms with Crippen LogP contribution < -0.4 is 16.0 Å². The van der Waals surface area contributed by atoms with Crippen LogP contribution in [0, 0.1) is 11.8 Å². The van der Waals surface area contributed by atoms with Crippen molar-refractivity contribution in [2.24, 2.45) is 17.7 Å². The minimum absolute atomic E-state index is 0.175. The lowest BCUT2D eigenvalue weighted by Gasteiger charge is -2.27. The molecule has 0 amide bonds. The Morgan fingerprint density at radius 3 is 2.78 bits per heavy atom. The molecule has 0 saturated heterocycles. The molecule has 0 heterocycles. The van der Waals surface area contributed by atoms with Crippen LogP contribution in [0.3, 0.4) is 0 Å². The zero-order valence-corrected chi connectivity index (χ0v) is 11.7. The van der Waals surface area contributed by atoms with Gasteiger partial charge in [-0.1, -0.05) is 37.4 Å². The van der Waals surface area contributed by atoms with E-state index in [1.54, 1.807) is 7.11 Å². The monoisotopic (exact) mass is 268 g/mol. The molecular weight excluding hydrogens is 248 g/mol. The van der Waals surface area contributed by atoms with Crippen molar-refractivity contribution in [3.05, 3.63) is 28.8 Å². The highest BCUT2D eigenvalue weighted by Crippen LogP contribution is 2.41. The molecular formula is C14H21ClN2O. The second-order valence-corrected chi connectivity index (χ2v) is 5.52. The summed E-state index contributed by atoms with van der Waals surface area (Å²) in [6, 6.07) is 6.06. The maximum Gasteiger partial charge on any atom is 0.137 e. The Labute approximate surface area is 114 Å². The largest absolute Gasteiger partial charge is 0.495 e. The fourth-order valence-corrected chi connectivity index (χ4v) is 3.20. The topological polar surface area (TPSA) is 47.3 Å². The second-order valence-electron chi connectivity index (χ2n) is 5.11. The third-order valence-electron chi connectivity index (χ3n) is 4.07. The van der Waals surface area contributed by atoms with Gasteiger partial charge in [0.15, 0.2) is 0 Å². The van der Waals surface area contributed by atoms with E-state index in [4.69, 9.17) is 22.2 Å². The average Bonchev–Trinajstić information content (AvgIpc) is 2.79. The fraction of sp³-hybridized carbons (Fsp3) is 0.571. The highest BCUT2D eigenvalue weighted by atomic mass is 35.5. The lowest BCUT2D eigenvalue weighted by atomic mass is 9.86. The molecule has 0 aromatic heterocycles. The molecule has 4 heteroatoms. The Morgan fingerprint density at radius 2 is 2.22 bits per heavy atom. The Bertz CT molecular complexity index is 411. The van der Waals surface area contributed by atoms with Gasteiger partial charge in [0.2, 0.25) is 0 Å². The summed E-state index contributed by atoms with van der Waals surface area (Å²) in [5.74, 6) is 7.75. The molecule has 0 bridgehead atoms. The van der Waals surface area contributed by atoms with E-state index >= 15 is 0 Å². The fourth-order valence-electron chi connectivity index (χ4n) is 3.01. The summed E-state index contributed by atoms with van der Waals surface area (Å²) in [5.41, 5.74) is 4.11. The van der Waals surface area contributed by atoms with Crippen molar-refractivity contribution < 1.29 is 4.74 Å². The molecule has 1 saturated carbocycles. The minimum Gasteiger partial charge on any atom is -0.495 e. The third-order valence-corrected chi connectivity index (χ3v) is 4.38. The summed E-state index contributed by atoms with van der Waals surface area (Å²) in [4.78, 5) is 0. The van der Waals surface area contributed by atoms with E-state index in [-0.39, 0.29) is 6.04 Å². The molecule has 1 aliphatic carbocycles. The summed E-state index contributed by atoms with van der Waals surface area (Å²) < 4.78 is 5.27. The lowest BCUT2D eigenvalue weighted by molar-refractivity contribution is 0.303. The maximum absolute atomic E-state index is 6.06. The van der Waals surface area contributed by atoms with Gasteiger partial charge in [0.25, 0.3) is 0 Å². The smallest absolute Gasteiger partial charge is 0.137 e. The van der Waals surface area contributed by atoms with Gasteiger partial charge in [-0.15, -0.1) is 0 Å². The predicted molar refractivity (Wildman–Crippen MR) is 74.6 cm³/mol. The van der Waals surface area contributed by atoms with E-state index in [1.165, 1.54) is 19.3 Å². The van der Waals surface area contributed by atoms with Crippen LogP contribution in [-0.4, -0.2) is 7.11 Å². The van der Waals surface area contributed by atoms with Gasteiger partial charge in [0.1, 0.15) is 5.75 Å². The first-order valence-corrected chi connectivity index (χ1v) is 6.84. The lowest BCUT2D eigenvalue weighted by Crippen LogP contribution is -2.34.